The molecular formula is C19H19ClN2O4S. The number of nitrogens with zero attached hydrogens (tertiary/aromatic N) is 1. The minimum atomic E-state index is -1.42. The van der Waals surface area contributed by atoms with Gasteiger partial charge < -0.3 is 15.0 Å². The van der Waals surface area contributed by atoms with Gasteiger partial charge in [0.25, 0.3) is 0 Å². The van der Waals surface area contributed by atoms with Gasteiger partial charge in [0.05, 0.1) is 32.0 Å². The molecule has 1 N–H and O–H groups in total. The zero-order valence-corrected chi connectivity index (χ0v) is 16.5. The molecule has 1 aliphatic heterocycles. The summed E-state index contributed by atoms with van der Waals surface area (Å²) in [6.45, 7) is 3.93. The highest BCUT2D eigenvalue weighted by atomic mass is 35.5. The first-order valence-electron chi connectivity index (χ1n) is 8.42. The number of amides is 1. The zero-order valence-electron chi connectivity index (χ0n) is 15.0. The molecule has 0 spiro atoms. The van der Waals surface area contributed by atoms with Crippen LogP contribution >= 0.6 is 11.6 Å². The zero-order chi connectivity index (χ0) is 19.6. The van der Waals surface area contributed by atoms with Crippen molar-refractivity contribution in [1.82, 2.24) is 5.32 Å². The van der Waals surface area contributed by atoms with E-state index in [9.17, 15) is 13.8 Å². The summed E-state index contributed by atoms with van der Waals surface area (Å²) >= 11 is 6.16. The Labute approximate surface area is 164 Å². The first kappa shape index (κ1) is 19.4. The Kier molecular flexibility index (Phi) is 5.82. The molecule has 1 aliphatic rings. The Bertz CT molecular complexity index is 932. The van der Waals surface area contributed by atoms with Crippen molar-refractivity contribution in [1.29, 1.82) is 0 Å². The lowest BCUT2D eigenvalue weighted by Gasteiger charge is -2.33. The summed E-state index contributed by atoms with van der Waals surface area (Å²) in [5.41, 5.74) is 1.54. The van der Waals surface area contributed by atoms with Crippen LogP contribution in [0.1, 0.15) is 20.3 Å². The fraction of sp³-hybridized carbons (Fsp3) is 0.263. The number of anilines is 2. The third kappa shape index (κ3) is 4.31. The van der Waals surface area contributed by atoms with E-state index in [4.69, 9.17) is 16.3 Å². The fourth-order valence-corrected chi connectivity index (χ4v) is 4.49. The molecular weight excluding hydrogens is 388 g/mol. The second-order valence-electron chi connectivity index (χ2n) is 6.09. The van der Waals surface area contributed by atoms with Gasteiger partial charge >= 0.3 is 5.97 Å². The first-order chi connectivity index (χ1) is 12.9. The number of hydrogen-bond acceptors (Lipinski definition) is 5. The summed E-state index contributed by atoms with van der Waals surface area (Å²) in [6.07, 6.45) is 0.698. The van der Waals surface area contributed by atoms with Crippen LogP contribution < -0.4 is 15.0 Å². The van der Waals surface area contributed by atoms with E-state index < -0.39 is 16.8 Å². The third-order valence-corrected chi connectivity index (χ3v) is 5.73. The second kappa shape index (κ2) is 8.10. The van der Waals surface area contributed by atoms with E-state index >= 15 is 0 Å². The molecule has 2 aromatic rings. The van der Waals surface area contributed by atoms with Crippen molar-refractivity contribution in [2.45, 2.75) is 30.1 Å². The number of halogens is 1. The number of ether oxygens (including phenoxy) is 1. The van der Waals surface area contributed by atoms with Crippen molar-refractivity contribution in [3.63, 3.8) is 0 Å². The first-order valence-corrected chi connectivity index (χ1v) is 9.95. The maximum Gasteiger partial charge on any atom is 0.308 e. The van der Waals surface area contributed by atoms with Crippen LogP contribution in [0.3, 0.4) is 0 Å². The van der Waals surface area contributed by atoms with Gasteiger partial charge in [-0.05, 0) is 42.8 Å². The van der Waals surface area contributed by atoms with Crippen LogP contribution in [-0.4, -0.2) is 29.2 Å². The van der Waals surface area contributed by atoms with Gasteiger partial charge in [-0.25, -0.2) is 4.21 Å². The van der Waals surface area contributed by atoms with Crippen LogP contribution in [0.2, 0.25) is 5.02 Å². The Morgan fingerprint density at radius 3 is 2.59 bits per heavy atom. The number of esters is 1. The maximum absolute atomic E-state index is 13.1. The molecule has 0 aliphatic carbocycles. The van der Waals surface area contributed by atoms with Crippen LogP contribution in [0.15, 0.2) is 46.2 Å². The Morgan fingerprint density at radius 2 is 1.89 bits per heavy atom. The number of hydrogen-bond donors (Lipinski definition) is 1. The number of nitrogens with one attached hydrogen (secondary N) is 1. The van der Waals surface area contributed by atoms with Crippen LogP contribution in [0, 0.1) is 0 Å². The average molecular weight is 407 g/mol. The van der Waals surface area contributed by atoms with Crippen LogP contribution in [0.25, 0.3) is 0 Å². The Hall–Kier alpha value is -2.38. The maximum atomic E-state index is 13.1. The third-order valence-electron chi connectivity index (χ3n) is 4.03. The lowest BCUT2D eigenvalue weighted by atomic mass is 10.2. The van der Waals surface area contributed by atoms with Crippen LogP contribution in [0.5, 0.6) is 5.75 Å². The lowest BCUT2D eigenvalue weighted by Crippen LogP contribution is -2.29. The van der Waals surface area contributed by atoms with Gasteiger partial charge in [0.2, 0.25) is 5.91 Å². The Morgan fingerprint density at radius 1 is 1.11 bits per heavy atom. The van der Waals surface area contributed by atoms with Gasteiger partial charge in [-0.1, -0.05) is 11.6 Å². The summed E-state index contributed by atoms with van der Waals surface area (Å²) in [4.78, 5) is 25.6. The van der Waals surface area contributed by atoms with Gasteiger partial charge in [0, 0.05) is 32.0 Å². The summed E-state index contributed by atoms with van der Waals surface area (Å²) in [6, 6.07) is 10.3. The van der Waals surface area contributed by atoms with Gasteiger partial charge in [-0.3, -0.25) is 9.59 Å². The molecule has 0 saturated carbocycles. The number of benzene rings is 2. The van der Waals surface area contributed by atoms with E-state index in [1.165, 1.54) is 13.8 Å². The van der Waals surface area contributed by atoms with Crippen molar-refractivity contribution in [2.75, 3.05) is 18.0 Å². The lowest BCUT2D eigenvalue weighted by molar-refractivity contribution is -0.131. The van der Waals surface area contributed by atoms with Crippen molar-refractivity contribution in [2.24, 2.45) is 0 Å². The highest BCUT2D eigenvalue weighted by Crippen LogP contribution is 2.44. The van der Waals surface area contributed by atoms with Gasteiger partial charge in [-0.15, -0.1) is 0 Å². The number of carbonyl (C=O) groups is 2. The molecule has 1 amide bonds. The summed E-state index contributed by atoms with van der Waals surface area (Å²) in [5, 5.41) is 3.33. The predicted molar refractivity (Wildman–Crippen MR) is 104 cm³/mol. The summed E-state index contributed by atoms with van der Waals surface area (Å²) in [7, 11) is -1.42. The minimum Gasteiger partial charge on any atom is -0.427 e. The summed E-state index contributed by atoms with van der Waals surface area (Å²) < 4.78 is 18.2. The second-order valence-corrected chi connectivity index (χ2v) is 7.95. The standard InChI is InChI=1S/C19H19ClN2O4S/c1-12(23)21-8-3-9-22-16-6-5-15(26-13(2)24)11-19(16)27(25)18-7-4-14(20)10-17(18)22/h4-7,10-11H,3,8-9H2,1-2H3,(H,21,23). The highest BCUT2D eigenvalue weighted by Gasteiger charge is 2.28. The monoisotopic (exact) mass is 406 g/mol. The van der Waals surface area contributed by atoms with Gasteiger partial charge in [0.15, 0.2) is 0 Å². The quantitative estimate of drug-likeness (QED) is 0.468. The van der Waals surface area contributed by atoms with Crippen LogP contribution in [-0.2, 0) is 20.4 Å². The number of rotatable bonds is 5. The predicted octanol–water partition coefficient (Wildman–Crippen LogP) is 3.41. The topological polar surface area (TPSA) is 75.7 Å². The largest absolute Gasteiger partial charge is 0.427 e. The Balaban J connectivity index is 1.98. The molecule has 0 fully saturated rings. The van der Waals surface area contributed by atoms with Gasteiger partial charge in [-0.2, -0.15) is 0 Å². The molecule has 1 heterocycles. The molecule has 0 aromatic heterocycles. The summed E-state index contributed by atoms with van der Waals surface area (Å²) in [5.74, 6) is -0.161. The van der Waals surface area contributed by atoms with E-state index in [0.717, 1.165) is 11.4 Å². The van der Waals surface area contributed by atoms with E-state index in [1.54, 1.807) is 36.4 Å². The average Bonchev–Trinajstić information content (AvgIpc) is 2.60. The molecule has 1 atom stereocenters. The van der Waals surface area contributed by atoms with Crippen molar-refractivity contribution in [3.8, 4) is 5.75 Å². The van der Waals surface area contributed by atoms with Crippen LogP contribution in [0.4, 0.5) is 11.4 Å². The molecule has 1 unspecified atom stereocenters. The smallest absolute Gasteiger partial charge is 0.308 e. The van der Waals surface area contributed by atoms with Crippen molar-refractivity contribution in [3.05, 3.63) is 41.4 Å². The highest BCUT2D eigenvalue weighted by molar-refractivity contribution is 7.85. The fourth-order valence-electron chi connectivity index (χ4n) is 2.94. The van der Waals surface area contributed by atoms with E-state index in [-0.39, 0.29) is 5.91 Å². The minimum absolute atomic E-state index is 0.0791. The molecule has 8 heteroatoms. The SMILES string of the molecule is CC(=O)NCCCN1c2cc(Cl)ccc2S(=O)c2cc(OC(C)=O)ccc21. The molecule has 6 nitrogen and oxygen atoms in total. The molecule has 27 heavy (non-hydrogen) atoms. The van der Waals surface area contributed by atoms with Crippen molar-refractivity contribution < 1.29 is 18.5 Å². The normalized spacial score (nSPS) is 14.9. The van der Waals surface area contributed by atoms with Gasteiger partial charge in [0.1, 0.15) is 5.75 Å². The molecule has 0 bridgehead atoms. The van der Waals surface area contributed by atoms with Crippen molar-refractivity contribution >= 4 is 45.7 Å². The number of fused-ring (bicyclic) bond motifs is 2. The van der Waals surface area contributed by atoms with E-state index in [2.05, 4.69) is 5.32 Å². The van der Waals surface area contributed by atoms with E-state index in [1.807, 2.05) is 4.90 Å². The molecule has 142 valence electrons. The molecule has 0 saturated heterocycles. The molecule has 0 radical (unpaired) electrons. The van der Waals surface area contributed by atoms with E-state index in [0.29, 0.717) is 40.1 Å². The number of carbonyl (C=O) groups excluding carboxylic acids is 2. The molecule has 2 aromatic carbocycles. The molecule has 3 rings (SSSR count).